The molecule has 7 heteroatoms. The van der Waals surface area contributed by atoms with Crippen LogP contribution < -0.4 is 9.67 Å². The number of aromatic nitrogens is 3. The Kier molecular flexibility index (Phi) is 5.06. The maximum Gasteiger partial charge on any atom is 0.327 e. The first kappa shape index (κ1) is 20.4. The maximum absolute atomic E-state index is 13.6. The van der Waals surface area contributed by atoms with Crippen LogP contribution in [0.2, 0.25) is 0 Å². The monoisotopic (exact) mass is 436 g/mol. The molecule has 0 N–H and O–H groups in total. The fourth-order valence-electron chi connectivity index (χ4n) is 4.02. The molecule has 0 saturated heterocycles. The largest absolute Gasteiger partial charge is 0.858 e. The van der Waals surface area contributed by atoms with Crippen molar-refractivity contribution in [3.05, 3.63) is 108 Å². The summed E-state index contributed by atoms with van der Waals surface area (Å²) in [5, 5.41) is 17.8. The van der Waals surface area contributed by atoms with Crippen molar-refractivity contribution in [2.45, 2.75) is 13.5 Å². The van der Waals surface area contributed by atoms with Crippen molar-refractivity contribution >= 4 is 23.1 Å². The van der Waals surface area contributed by atoms with Crippen molar-refractivity contribution in [2.75, 3.05) is 0 Å². The van der Waals surface area contributed by atoms with E-state index in [0.29, 0.717) is 11.4 Å². The Morgan fingerprint density at radius 1 is 0.848 bits per heavy atom. The van der Waals surface area contributed by atoms with Gasteiger partial charge in [-0.3, -0.25) is 14.5 Å². The zero-order valence-corrected chi connectivity index (χ0v) is 17.9. The van der Waals surface area contributed by atoms with Gasteiger partial charge in [-0.1, -0.05) is 54.6 Å². The molecule has 7 nitrogen and oxygen atoms in total. The first-order valence-corrected chi connectivity index (χ1v) is 10.5. The molecule has 2 aromatic carbocycles. The summed E-state index contributed by atoms with van der Waals surface area (Å²) in [6, 6.07) is 23.6. The molecule has 162 valence electrons. The lowest BCUT2D eigenvalue weighted by atomic mass is 10.0. The van der Waals surface area contributed by atoms with Crippen molar-refractivity contribution in [1.29, 1.82) is 0 Å². The predicted octanol–water partition coefficient (Wildman–Crippen LogP) is 2.48. The van der Waals surface area contributed by atoms with Crippen LogP contribution in [-0.4, -0.2) is 26.5 Å². The molecule has 0 fully saturated rings. The zero-order chi connectivity index (χ0) is 22.9. The van der Waals surface area contributed by atoms with Crippen molar-refractivity contribution < 1.29 is 19.3 Å². The van der Waals surface area contributed by atoms with Crippen LogP contribution in [-0.2, 0) is 16.1 Å². The molecule has 0 aliphatic carbocycles. The minimum Gasteiger partial charge on any atom is -0.858 e. The summed E-state index contributed by atoms with van der Waals surface area (Å²) in [4.78, 5) is 28.3. The van der Waals surface area contributed by atoms with Crippen molar-refractivity contribution in [3.63, 3.8) is 0 Å². The van der Waals surface area contributed by atoms with Crippen LogP contribution in [0, 0.1) is 6.92 Å². The lowest BCUT2D eigenvalue weighted by Crippen LogP contribution is -2.39. The van der Waals surface area contributed by atoms with E-state index >= 15 is 0 Å². The lowest BCUT2D eigenvalue weighted by Gasteiger charge is -2.15. The first-order valence-electron chi connectivity index (χ1n) is 10.5. The van der Waals surface area contributed by atoms with E-state index in [0.717, 1.165) is 5.56 Å². The third-order valence-corrected chi connectivity index (χ3v) is 5.57. The molecular formula is C26H20N4O3. The van der Waals surface area contributed by atoms with Gasteiger partial charge < -0.3 is 5.11 Å². The number of hydrogen-bond acceptors (Lipinski definition) is 4. The molecule has 4 aromatic rings. The quantitative estimate of drug-likeness (QED) is 0.356. The van der Waals surface area contributed by atoms with Gasteiger partial charge in [-0.2, -0.15) is 9.67 Å². The van der Waals surface area contributed by atoms with E-state index in [1.165, 1.54) is 9.58 Å². The number of pyridine rings is 1. The van der Waals surface area contributed by atoms with E-state index in [-0.39, 0.29) is 23.4 Å². The highest BCUT2D eigenvalue weighted by Gasteiger charge is 2.46. The highest BCUT2D eigenvalue weighted by Crippen LogP contribution is 2.37. The van der Waals surface area contributed by atoms with E-state index in [1.54, 1.807) is 48.1 Å². The van der Waals surface area contributed by atoms with Crippen molar-refractivity contribution in [3.8, 4) is 11.6 Å². The Morgan fingerprint density at radius 3 is 2.12 bits per heavy atom. The fraction of sp³-hybridized carbons (Fsp3) is 0.0769. The van der Waals surface area contributed by atoms with Gasteiger partial charge in [0.2, 0.25) is 0 Å². The number of benzene rings is 2. The SMILES string of the molecule is Cc1nn(-c2ccccc2)c([O-])c1C1=C([n+]2ccccc2)C(=O)N(Cc2ccccc2)C1=O. The van der Waals surface area contributed by atoms with Crippen molar-refractivity contribution in [1.82, 2.24) is 14.7 Å². The number of amides is 2. The van der Waals surface area contributed by atoms with Crippen molar-refractivity contribution in [2.24, 2.45) is 0 Å². The first-order chi connectivity index (χ1) is 16.1. The molecule has 0 radical (unpaired) electrons. The van der Waals surface area contributed by atoms with E-state index in [1.807, 2.05) is 54.6 Å². The molecular weight excluding hydrogens is 416 g/mol. The second kappa shape index (κ2) is 8.20. The van der Waals surface area contributed by atoms with Crippen LogP contribution in [0.3, 0.4) is 0 Å². The van der Waals surface area contributed by atoms with E-state index < -0.39 is 17.7 Å². The van der Waals surface area contributed by atoms with Crippen LogP contribution in [0.25, 0.3) is 17.0 Å². The van der Waals surface area contributed by atoms with Gasteiger partial charge in [0.25, 0.3) is 11.6 Å². The number of carbonyl (C=O) groups is 2. The third-order valence-electron chi connectivity index (χ3n) is 5.57. The Bertz CT molecular complexity index is 1380. The summed E-state index contributed by atoms with van der Waals surface area (Å²) in [5.74, 6) is -1.41. The average Bonchev–Trinajstić information content (AvgIpc) is 3.27. The van der Waals surface area contributed by atoms with E-state index in [2.05, 4.69) is 5.10 Å². The van der Waals surface area contributed by atoms with Crippen LogP contribution in [0.1, 0.15) is 16.8 Å². The number of carbonyl (C=O) groups excluding carboxylic acids is 2. The molecule has 0 saturated carbocycles. The number of aryl methyl sites for hydroxylation is 1. The smallest absolute Gasteiger partial charge is 0.327 e. The van der Waals surface area contributed by atoms with Gasteiger partial charge >= 0.3 is 5.91 Å². The minimum atomic E-state index is -0.511. The second-order valence-electron chi connectivity index (χ2n) is 7.70. The molecule has 1 aliphatic rings. The number of hydrogen-bond donors (Lipinski definition) is 0. The number of para-hydroxylation sites is 1. The second-order valence-corrected chi connectivity index (χ2v) is 7.70. The molecule has 1 aliphatic heterocycles. The normalized spacial score (nSPS) is 13.8. The summed E-state index contributed by atoms with van der Waals surface area (Å²) >= 11 is 0. The molecule has 2 amide bonds. The van der Waals surface area contributed by atoms with Gasteiger partial charge in [-0.05, 0) is 30.5 Å². The molecule has 0 bridgehead atoms. The average molecular weight is 436 g/mol. The topological polar surface area (TPSA) is 82.1 Å². The summed E-state index contributed by atoms with van der Waals surface area (Å²) in [7, 11) is 0. The van der Waals surface area contributed by atoms with Crippen LogP contribution in [0.15, 0.2) is 91.3 Å². The molecule has 33 heavy (non-hydrogen) atoms. The molecule has 5 rings (SSSR count). The van der Waals surface area contributed by atoms with Crippen LogP contribution in [0.4, 0.5) is 0 Å². The maximum atomic E-state index is 13.6. The Hall–Kier alpha value is -4.52. The number of rotatable bonds is 5. The molecule has 0 unspecified atom stereocenters. The van der Waals surface area contributed by atoms with Gasteiger partial charge in [0.15, 0.2) is 12.4 Å². The van der Waals surface area contributed by atoms with E-state index in [4.69, 9.17) is 0 Å². The van der Waals surface area contributed by atoms with Gasteiger partial charge in [0, 0.05) is 17.7 Å². The summed E-state index contributed by atoms with van der Waals surface area (Å²) in [5.41, 5.74) is 2.14. The minimum absolute atomic E-state index is 0.0665. The third kappa shape index (κ3) is 3.49. The van der Waals surface area contributed by atoms with Crippen LogP contribution in [0.5, 0.6) is 5.88 Å². The highest BCUT2D eigenvalue weighted by molar-refractivity contribution is 6.44. The van der Waals surface area contributed by atoms with E-state index in [9.17, 15) is 14.7 Å². The fourth-order valence-corrected chi connectivity index (χ4v) is 4.02. The molecule has 2 aromatic heterocycles. The molecule has 0 atom stereocenters. The van der Waals surface area contributed by atoms with Crippen LogP contribution >= 0.6 is 0 Å². The highest BCUT2D eigenvalue weighted by atomic mass is 16.3. The summed E-state index contributed by atoms with van der Waals surface area (Å²) < 4.78 is 2.85. The Balaban J connectivity index is 1.68. The van der Waals surface area contributed by atoms with Gasteiger partial charge in [0.05, 0.1) is 17.9 Å². The lowest BCUT2D eigenvalue weighted by molar-refractivity contribution is -0.576. The molecule has 0 spiro atoms. The van der Waals surface area contributed by atoms with Gasteiger partial charge in [0.1, 0.15) is 5.57 Å². The summed E-state index contributed by atoms with van der Waals surface area (Å²) in [6.45, 7) is 1.78. The standard InChI is InChI=1S/C26H20N4O3/c1-18-21(25(32)30(27-18)20-13-7-3-8-14-20)22-23(28-15-9-4-10-16-28)26(33)29(24(22)31)17-19-11-5-2-6-12-19/h2-16H,17H2,1H3. The molecule has 3 heterocycles. The van der Waals surface area contributed by atoms with Gasteiger partial charge in [-0.25, -0.2) is 4.68 Å². The predicted molar refractivity (Wildman–Crippen MR) is 119 cm³/mol. The zero-order valence-electron chi connectivity index (χ0n) is 17.9. The number of imide groups is 1. The Labute approximate surface area is 190 Å². The Morgan fingerprint density at radius 2 is 1.45 bits per heavy atom. The number of nitrogens with zero attached hydrogens (tertiary/aromatic N) is 4. The summed E-state index contributed by atoms with van der Waals surface area (Å²) in [6.07, 6.45) is 3.38. The van der Waals surface area contributed by atoms with Gasteiger partial charge in [-0.15, -0.1) is 0 Å².